The van der Waals surface area contributed by atoms with Crippen LogP contribution in [0.5, 0.6) is 0 Å². The Kier molecular flexibility index (Phi) is 4.02. The lowest BCUT2D eigenvalue weighted by molar-refractivity contribution is -0.318. The van der Waals surface area contributed by atoms with Crippen LogP contribution in [0.4, 0.5) is 13.2 Å². The largest absolute Gasteiger partial charge is 0.439 e. The minimum Gasteiger partial charge on any atom is -0.362 e. The third kappa shape index (κ3) is 2.55. The Hall–Kier alpha value is -1.11. The topological polar surface area (TPSA) is 52.9 Å². The average molecular weight is 346 g/mol. The van der Waals surface area contributed by atoms with Crippen LogP contribution in [-0.2, 0) is 4.79 Å². The number of carbonyl (C=O) groups is 1. The Bertz CT molecular complexity index is 569. The predicted molar refractivity (Wildman–Crippen MR) is 82.9 cm³/mol. The van der Waals surface area contributed by atoms with Crippen molar-refractivity contribution in [2.45, 2.75) is 71.2 Å². The third-order valence-corrected chi connectivity index (χ3v) is 6.28. The maximum atomic E-state index is 13.8. The van der Waals surface area contributed by atoms with Crippen LogP contribution >= 0.6 is 0 Å². The molecule has 1 N–H and O–H groups in total. The Morgan fingerprint density at radius 3 is 2.46 bits per heavy atom. The molecule has 0 radical (unpaired) electrons. The van der Waals surface area contributed by atoms with Gasteiger partial charge in [-0.3, -0.25) is 4.79 Å². The quantitative estimate of drug-likeness (QED) is 0.847. The lowest BCUT2D eigenvalue weighted by Gasteiger charge is -2.43. The van der Waals surface area contributed by atoms with Crippen molar-refractivity contribution in [3.8, 4) is 0 Å². The van der Waals surface area contributed by atoms with Gasteiger partial charge >= 0.3 is 6.18 Å². The smallest absolute Gasteiger partial charge is 0.362 e. The fourth-order valence-corrected chi connectivity index (χ4v) is 3.94. The molecule has 2 aliphatic carbocycles. The van der Waals surface area contributed by atoms with Crippen molar-refractivity contribution in [2.24, 2.45) is 28.3 Å². The fraction of sp³-hybridized carbons (Fsp3) is 0.882. The van der Waals surface area contributed by atoms with Gasteiger partial charge in [0.2, 0.25) is 5.91 Å². The first-order chi connectivity index (χ1) is 11.0. The minimum absolute atomic E-state index is 0.0660. The number of rotatable bonds is 3. The highest BCUT2D eigenvalue weighted by Crippen LogP contribution is 2.53. The number of hydrazone groups is 1. The molecule has 0 aromatic rings. The zero-order valence-corrected chi connectivity index (χ0v) is 14.4. The van der Waals surface area contributed by atoms with Gasteiger partial charge < -0.3 is 5.11 Å². The molecular formula is C17H25F3N2O2. The molecule has 24 heavy (non-hydrogen) atoms. The van der Waals surface area contributed by atoms with Crippen LogP contribution in [-0.4, -0.2) is 33.6 Å². The number of hydrogen-bond acceptors (Lipinski definition) is 3. The second kappa shape index (κ2) is 5.44. The summed E-state index contributed by atoms with van der Waals surface area (Å²) in [6.45, 7) is 6.13. The number of aliphatic hydroxyl groups is 1. The Labute approximate surface area is 140 Å². The van der Waals surface area contributed by atoms with Crippen LogP contribution in [0, 0.1) is 23.2 Å². The lowest BCUT2D eigenvalue weighted by atomic mass is 9.64. The second-order valence-electron chi connectivity index (χ2n) is 8.11. The van der Waals surface area contributed by atoms with Crippen molar-refractivity contribution in [3.05, 3.63) is 0 Å². The van der Waals surface area contributed by atoms with Gasteiger partial charge in [0.15, 0.2) is 0 Å². The molecular weight excluding hydrogens is 321 g/mol. The molecule has 0 bridgehead atoms. The van der Waals surface area contributed by atoms with Crippen molar-refractivity contribution in [1.29, 1.82) is 0 Å². The Morgan fingerprint density at radius 2 is 1.96 bits per heavy atom. The van der Waals surface area contributed by atoms with Crippen LogP contribution in [0.2, 0.25) is 0 Å². The van der Waals surface area contributed by atoms with E-state index in [1.807, 2.05) is 6.92 Å². The second-order valence-corrected chi connectivity index (χ2v) is 8.11. The number of amides is 1. The maximum Gasteiger partial charge on any atom is 0.439 e. The summed E-state index contributed by atoms with van der Waals surface area (Å²) in [7, 11) is 0. The molecule has 136 valence electrons. The first-order valence-corrected chi connectivity index (χ1v) is 8.73. The van der Waals surface area contributed by atoms with Crippen LogP contribution < -0.4 is 0 Å². The molecule has 0 unspecified atom stereocenters. The van der Waals surface area contributed by atoms with Gasteiger partial charge in [0.1, 0.15) is 0 Å². The van der Waals surface area contributed by atoms with Crippen molar-refractivity contribution in [2.75, 3.05) is 0 Å². The van der Waals surface area contributed by atoms with Gasteiger partial charge in [0, 0.05) is 11.6 Å². The highest BCUT2D eigenvalue weighted by atomic mass is 19.4. The van der Waals surface area contributed by atoms with E-state index in [0.29, 0.717) is 30.0 Å². The number of alkyl halides is 3. The van der Waals surface area contributed by atoms with Crippen molar-refractivity contribution >= 4 is 11.6 Å². The van der Waals surface area contributed by atoms with E-state index in [1.165, 1.54) is 0 Å². The Morgan fingerprint density at radius 1 is 1.33 bits per heavy atom. The molecule has 3 aliphatic rings. The molecule has 3 rings (SSSR count). The number of fused-ring (bicyclic) bond motifs is 1. The number of carbonyl (C=O) groups excluding carboxylic acids is 1. The summed E-state index contributed by atoms with van der Waals surface area (Å²) in [5, 5.41) is 15.0. The van der Waals surface area contributed by atoms with Crippen molar-refractivity contribution in [3.63, 3.8) is 0 Å². The molecule has 1 aliphatic heterocycles. The highest BCUT2D eigenvalue weighted by Gasteiger charge is 2.69. The number of nitrogens with zero attached hydrogens (tertiary/aromatic N) is 2. The van der Waals surface area contributed by atoms with Gasteiger partial charge in [-0.25, -0.2) is 0 Å². The van der Waals surface area contributed by atoms with Crippen molar-refractivity contribution in [1.82, 2.24) is 5.01 Å². The molecule has 1 heterocycles. The first-order valence-electron chi connectivity index (χ1n) is 8.73. The van der Waals surface area contributed by atoms with Crippen LogP contribution in [0.3, 0.4) is 0 Å². The molecule has 3 atom stereocenters. The monoisotopic (exact) mass is 346 g/mol. The Balaban J connectivity index is 1.94. The molecule has 0 aromatic heterocycles. The summed E-state index contributed by atoms with van der Waals surface area (Å²) in [4.78, 5) is 12.3. The van der Waals surface area contributed by atoms with E-state index in [1.54, 1.807) is 0 Å². The van der Waals surface area contributed by atoms with Gasteiger partial charge in [-0.15, -0.1) is 0 Å². The van der Waals surface area contributed by atoms with Gasteiger partial charge in [0.05, 0.1) is 5.92 Å². The maximum absolute atomic E-state index is 13.8. The summed E-state index contributed by atoms with van der Waals surface area (Å²) >= 11 is 0. The van der Waals surface area contributed by atoms with E-state index >= 15 is 0 Å². The zero-order valence-electron chi connectivity index (χ0n) is 14.4. The van der Waals surface area contributed by atoms with E-state index in [9.17, 15) is 23.1 Å². The molecule has 0 aromatic carbocycles. The molecule has 0 spiro atoms. The average Bonchev–Trinajstić information content (AvgIpc) is 3.30. The first kappa shape index (κ1) is 17.7. The standard InChI is InChI=1S/C17H25F3N2O2/c1-4-15(2,3)11-7-8-13-12(9-11)16(24,17(18,19)20)22(21-13)14(23)10-5-6-10/h10-12,24H,4-9H2,1-3H3/t11-,12+,16+/m1/s1. The third-order valence-electron chi connectivity index (χ3n) is 6.28. The van der Waals surface area contributed by atoms with Crippen molar-refractivity contribution < 1.29 is 23.1 Å². The van der Waals surface area contributed by atoms with Gasteiger partial charge in [-0.1, -0.05) is 27.2 Å². The minimum atomic E-state index is -4.92. The summed E-state index contributed by atoms with van der Waals surface area (Å²) in [5.74, 6) is -2.20. The van der Waals surface area contributed by atoms with E-state index in [-0.39, 0.29) is 17.8 Å². The van der Waals surface area contributed by atoms with E-state index in [4.69, 9.17) is 0 Å². The SMILES string of the molecule is CCC(C)(C)[C@@H]1CCC2=NN(C(=O)C3CC3)[C@@](O)(C(F)(F)F)[C@H]2C1. The fourth-order valence-electron chi connectivity index (χ4n) is 3.94. The number of hydrogen-bond donors (Lipinski definition) is 1. The summed E-state index contributed by atoms with van der Waals surface area (Å²) in [6, 6.07) is 0. The van der Waals surface area contributed by atoms with Gasteiger partial charge in [-0.2, -0.15) is 23.3 Å². The molecule has 7 heteroatoms. The normalized spacial score (nSPS) is 34.1. The molecule has 2 fully saturated rings. The van der Waals surface area contributed by atoms with E-state index in [0.717, 1.165) is 12.8 Å². The van der Waals surface area contributed by atoms with Crippen LogP contribution in [0.25, 0.3) is 0 Å². The molecule has 2 saturated carbocycles. The van der Waals surface area contributed by atoms with E-state index < -0.39 is 29.6 Å². The van der Waals surface area contributed by atoms with E-state index in [2.05, 4.69) is 18.9 Å². The highest BCUT2D eigenvalue weighted by molar-refractivity contribution is 5.94. The lowest BCUT2D eigenvalue weighted by Crippen LogP contribution is -2.62. The molecule has 1 amide bonds. The van der Waals surface area contributed by atoms with Gasteiger partial charge in [-0.05, 0) is 43.4 Å². The van der Waals surface area contributed by atoms with Crippen LogP contribution in [0.15, 0.2) is 5.10 Å². The number of halogens is 3. The summed E-state index contributed by atoms with van der Waals surface area (Å²) < 4.78 is 41.4. The van der Waals surface area contributed by atoms with Gasteiger partial charge in [0.25, 0.3) is 5.72 Å². The molecule has 0 saturated heterocycles. The molecule has 4 nitrogen and oxygen atoms in total. The summed E-state index contributed by atoms with van der Waals surface area (Å²) in [6.07, 6.45) is -1.56. The van der Waals surface area contributed by atoms with Crippen LogP contribution in [0.1, 0.15) is 59.3 Å². The zero-order chi connectivity index (χ0) is 17.9. The summed E-state index contributed by atoms with van der Waals surface area (Å²) in [5.41, 5.74) is -2.97. The predicted octanol–water partition coefficient (Wildman–Crippen LogP) is 3.70.